The number of benzene rings is 4. The van der Waals surface area contributed by atoms with E-state index >= 15 is 0 Å². The molecular formula is C29H22FN3O5. The van der Waals surface area contributed by atoms with Crippen LogP contribution in [0.25, 0.3) is 16.8 Å². The first-order valence-corrected chi connectivity index (χ1v) is 11.6. The summed E-state index contributed by atoms with van der Waals surface area (Å²) in [6.07, 6.45) is 1.31. The molecule has 0 aliphatic carbocycles. The van der Waals surface area contributed by atoms with Gasteiger partial charge in [0.2, 0.25) is 0 Å². The normalized spacial score (nSPS) is 11.0. The fourth-order valence-electron chi connectivity index (χ4n) is 3.80. The summed E-state index contributed by atoms with van der Waals surface area (Å²) in [5, 5.41) is 24.9. The minimum atomic E-state index is -0.916. The highest BCUT2D eigenvalue weighted by Gasteiger charge is 2.16. The van der Waals surface area contributed by atoms with Gasteiger partial charge in [0, 0.05) is 12.1 Å². The van der Waals surface area contributed by atoms with E-state index < -0.39 is 28.0 Å². The van der Waals surface area contributed by atoms with Gasteiger partial charge in [0.25, 0.3) is 11.6 Å². The van der Waals surface area contributed by atoms with E-state index in [9.17, 15) is 24.6 Å². The molecule has 0 aliphatic rings. The number of carbonyl (C=O) groups is 1. The van der Waals surface area contributed by atoms with Crippen LogP contribution in [0.15, 0.2) is 84.4 Å². The summed E-state index contributed by atoms with van der Waals surface area (Å²) < 4.78 is 25.9. The second-order valence-corrected chi connectivity index (χ2v) is 8.11. The lowest BCUT2D eigenvalue weighted by atomic mass is 10.1. The summed E-state index contributed by atoms with van der Waals surface area (Å²) in [6.45, 7) is 2.48. The van der Waals surface area contributed by atoms with Crippen molar-refractivity contribution in [3.63, 3.8) is 0 Å². The number of nitrogens with zero attached hydrogens (tertiary/aromatic N) is 2. The molecule has 9 heteroatoms. The van der Waals surface area contributed by atoms with E-state index in [1.807, 2.05) is 49.4 Å². The first-order chi connectivity index (χ1) is 18.4. The topological polar surface area (TPSA) is 114 Å². The molecule has 0 heterocycles. The smallest absolute Gasteiger partial charge is 0.271 e. The molecule has 1 N–H and O–H groups in total. The molecule has 0 spiro atoms. The summed E-state index contributed by atoms with van der Waals surface area (Å²) in [4.78, 5) is 22.9. The lowest BCUT2D eigenvalue weighted by Gasteiger charge is -2.14. The van der Waals surface area contributed by atoms with Gasteiger partial charge in [-0.15, -0.1) is 0 Å². The number of halogens is 1. The van der Waals surface area contributed by atoms with Crippen molar-refractivity contribution in [2.45, 2.75) is 13.5 Å². The SMILES string of the molecule is CCOc1cc(C=C(C#N)C(=O)Nc2cc([N+](=O)[O-])ccc2F)ccc1OCc1cccc2ccccc12. The van der Waals surface area contributed by atoms with Crippen molar-refractivity contribution in [2.24, 2.45) is 0 Å². The Balaban J connectivity index is 1.55. The van der Waals surface area contributed by atoms with Gasteiger partial charge in [0.05, 0.1) is 17.2 Å². The van der Waals surface area contributed by atoms with Crippen LogP contribution in [-0.2, 0) is 11.4 Å². The molecule has 0 aromatic heterocycles. The Kier molecular flexibility index (Phi) is 7.94. The van der Waals surface area contributed by atoms with Crippen molar-refractivity contribution in [1.29, 1.82) is 5.26 Å². The molecule has 1 amide bonds. The monoisotopic (exact) mass is 511 g/mol. The second kappa shape index (κ2) is 11.7. The molecule has 0 atom stereocenters. The van der Waals surface area contributed by atoms with E-state index in [-0.39, 0.29) is 5.57 Å². The molecule has 0 saturated carbocycles. The van der Waals surface area contributed by atoms with E-state index in [1.165, 1.54) is 6.08 Å². The molecule has 0 saturated heterocycles. The highest BCUT2D eigenvalue weighted by atomic mass is 19.1. The van der Waals surface area contributed by atoms with E-state index in [0.29, 0.717) is 30.3 Å². The van der Waals surface area contributed by atoms with Gasteiger partial charge >= 0.3 is 0 Å². The average molecular weight is 512 g/mol. The van der Waals surface area contributed by atoms with Crippen molar-refractivity contribution in [1.82, 2.24) is 0 Å². The Labute approximate surface area is 217 Å². The minimum absolute atomic E-state index is 0.303. The molecule has 0 bridgehead atoms. The Morgan fingerprint density at radius 2 is 1.84 bits per heavy atom. The predicted molar refractivity (Wildman–Crippen MR) is 141 cm³/mol. The van der Waals surface area contributed by atoms with E-state index in [4.69, 9.17) is 9.47 Å². The molecule has 0 unspecified atom stereocenters. The van der Waals surface area contributed by atoms with Gasteiger partial charge < -0.3 is 14.8 Å². The molecule has 8 nitrogen and oxygen atoms in total. The number of hydrogen-bond acceptors (Lipinski definition) is 6. The second-order valence-electron chi connectivity index (χ2n) is 8.11. The highest BCUT2D eigenvalue weighted by molar-refractivity contribution is 6.09. The van der Waals surface area contributed by atoms with Gasteiger partial charge in [-0.05, 0) is 53.1 Å². The third-order valence-corrected chi connectivity index (χ3v) is 5.62. The molecule has 0 aliphatic heterocycles. The number of nitro groups is 1. The minimum Gasteiger partial charge on any atom is -0.490 e. The predicted octanol–water partition coefficient (Wildman–Crippen LogP) is 6.41. The van der Waals surface area contributed by atoms with Crippen LogP contribution in [0.3, 0.4) is 0 Å². The van der Waals surface area contributed by atoms with Gasteiger partial charge in [0.15, 0.2) is 11.5 Å². The molecule has 4 aromatic rings. The Morgan fingerprint density at radius 3 is 2.61 bits per heavy atom. The molecule has 0 radical (unpaired) electrons. The summed E-state index contributed by atoms with van der Waals surface area (Å²) in [5.74, 6) is -0.879. The standard InChI is InChI=1S/C29H22FN3O5/c1-2-37-28-15-19(10-13-27(28)38-18-21-8-5-7-20-6-3-4-9-24(20)21)14-22(17-31)29(34)32-26-16-23(33(35)36)11-12-25(26)30/h3-16H,2,18H2,1H3,(H,32,34). The molecule has 190 valence electrons. The number of nitro benzene ring substituents is 1. The van der Waals surface area contributed by atoms with Gasteiger partial charge in [-0.3, -0.25) is 14.9 Å². The number of nitrogens with one attached hydrogen (secondary N) is 1. The van der Waals surface area contributed by atoms with Crippen molar-refractivity contribution in [3.05, 3.63) is 111 Å². The van der Waals surface area contributed by atoms with Crippen LogP contribution in [-0.4, -0.2) is 17.4 Å². The number of amides is 1. The third-order valence-electron chi connectivity index (χ3n) is 5.62. The molecule has 4 aromatic carbocycles. The number of anilines is 1. The Bertz CT molecular complexity index is 1590. The number of non-ortho nitro benzene ring substituents is 1. The first-order valence-electron chi connectivity index (χ1n) is 11.6. The summed E-state index contributed by atoms with van der Waals surface area (Å²) >= 11 is 0. The van der Waals surface area contributed by atoms with Crippen molar-refractivity contribution >= 4 is 34.1 Å². The number of fused-ring (bicyclic) bond motifs is 1. The van der Waals surface area contributed by atoms with Crippen LogP contribution >= 0.6 is 0 Å². The number of ether oxygens (including phenoxy) is 2. The fraction of sp³-hybridized carbons (Fsp3) is 0.103. The molecule has 38 heavy (non-hydrogen) atoms. The zero-order valence-corrected chi connectivity index (χ0v) is 20.3. The van der Waals surface area contributed by atoms with Gasteiger partial charge in [-0.25, -0.2) is 4.39 Å². The highest BCUT2D eigenvalue weighted by Crippen LogP contribution is 2.31. The number of hydrogen-bond donors (Lipinski definition) is 1. The Hall–Kier alpha value is -5.23. The van der Waals surface area contributed by atoms with Crippen molar-refractivity contribution < 1.29 is 23.6 Å². The van der Waals surface area contributed by atoms with Crippen molar-refractivity contribution in [3.8, 4) is 17.6 Å². The van der Waals surface area contributed by atoms with Crippen LogP contribution < -0.4 is 14.8 Å². The van der Waals surface area contributed by atoms with Gasteiger partial charge in [-0.2, -0.15) is 5.26 Å². The summed E-state index contributed by atoms with van der Waals surface area (Å²) in [5.41, 5.74) is 0.341. The van der Waals surface area contributed by atoms with Crippen LogP contribution in [0.1, 0.15) is 18.1 Å². The van der Waals surface area contributed by atoms with Crippen LogP contribution in [0.2, 0.25) is 0 Å². The molecular weight excluding hydrogens is 489 g/mol. The maximum atomic E-state index is 14.1. The average Bonchev–Trinajstić information content (AvgIpc) is 2.92. The third kappa shape index (κ3) is 5.94. The zero-order valence-electron chi connectivity index (χ0n) is 20.3. The van der Waals surface area contributed by atoms with E-state index in [0.717, 1.165) is 34.5 Å². The lowest BCUT2D eigenvalue weighted by Crippen LogP contribution is -2.14. The van der Waals surface area contributed by atoms with E-state index in [1.54, 1.807) is 24.3 Å². The largest absolute Gasteiger partial charge is 0.490 e. The molecule has 0 fully saturated rings. The Morgan fingerprint density at radius 1 is 1.05 bits per heavy atom. The quantitative estimate of drug-likeness (QED) is 0.120. The fourth-order valence-corrected chi connectivity index (χ4v) is 3.80. The van der Waals surface area contributed by atoms with Gasteiger partial charge in [-0.1, -0.05) is 48.5 Å². The summed E-state index contributed by atoms with van der Waals surface area (Å²) in [7, 11) is 0. The number of rotatable bonds is 9. The number of nitriles is 1. The van der Waals surface area contributed by atoms with Crippen molar-refractivity contribution in [2.75, 3.05) is 11.9 Å². The summed E-state index contributed by atoms with van der Waals surface area (Å²) in [6, 6.07) is 23.4. The van der Waals surface area contributed by atoms with Crippen LogP contribution in [0.4, 0.5) is 15.8 Å². The maximum absolute atomic E-state index is 14.1. The molecule has 4 rings (SSSR count). The van der Waals surface area contributed by atoms with E-state index in [2.05, 4.69) is 5.32 Å². The van der Waals surface area contributed by atoms with Crippen LogP contribution in [0.5, 0.6) is 11.5 Å². The van der Waals surface area contributed by atoms with Crippen LogP contribution in [0, 0.1) is 27.3 Å². The first kappa shape index (κ1) is 25.9. The van der Waals surface area contributed by atoms with Gasteiger partial charge in [0.1, 0.15) is 24.1 Å². The lowest BCUT2D eigenvalue weighted by molar-refractivity contribution is -0.384. The number of carbonyl (C=O) groups excluding carboxylic acids is 1. The maximum Gasteiger partial charge on any atom is 0.271 e. The zero-order chi connectivity index (χ0) is 27.1.